The van der Waals surface area contributed by atoms with Crippen molar-refractivity contribution in [2.24, 2.45) is 7.05 Å². The molecule has 0 N–H and O–H groups in total. The van der Waals surface area contributed by atoms with E-state index < -0.39 is 10.8 Å². The first-order valence-corrected chi connectivity index (χ1v) is 6.62. The highest BCUT2D eigenvalue weighted by Crippen LogP contribution is 2.17. The van der Waals surface area contributed by atoms with Crippen LogP contribution in [0.25, 0.3) is 11.3 Å². The van der Waals surface area contributed by atoms with Crippen molar-refractivity contribution < 1.29 is 4.21 Å². The topological polar surface area (TPSA) is 52.0 Å². The van der Waals surface area contributed by atoms with E-state index in [9.17, 15) is 9.00 Å². The van der Waals surface area contributed by atoms with Crippen LogP contribution >= 0.6 is 0 Å². The molecule has 1 heterocycles. The minimum absolute atomic E-state index is 0.139. The highest BCUT2D eigenvalue weighted by molar-refractivity contribution is 7.84. The molecule has 1 aromatic carbocycles. The maximum atomic E-state index is 11.2. The molecule has 0 saturated carbocycles. The molecule has 0 bridgehead atoms. The SMILES string of the molecule is Cn1nc(-c2ccc(S(C)=O)cc2)ccc1=O. The van der Waals surface area contributed by atoms with Crippen LogP contribution in [0, 0.1) is 0 Å². The fourth-order valence-corrected chi connectivity index (χ4v) is 1.99. The summed E-state index contributed by atoms with van der Waals surface area (Å²) in [6.07, 6.45) is 1.64. The van der Waals surface area contributed by atoms with Gasteiger partial charge in [-0.25, -0.2) is 4.68 Å². The van der Waals surface area contributed by atoms with E-state index in [1.807, 2.05) is 12.1 Å². The maximum Gasteiger partial charge on any atom is 0.266 e. The maximum absolute atomic E-state index is 11.2. The molecule has 17 heavy (non-hydrogen) atoms. The minimum Gasteiger partial charge on any atom is -0.268 e. The molecule has 4 nitrogen and oxygen atoms in total. The zero-order valence-corrected chi connectivity index (χ0v) is 10.4. The zero-order valence-electron chi connectivity index (χ0n) is 9.58. The number of rotatable bonds is 2. The van der Waals surface area contributed by atoms with Crippen molar-refractivity contribution in [1.82, 2.24) is 9.78 Å². The molecule has 0 amide bonds. The molecule has 0 aliphatic rings. The van der Waals surface area contributed by atoms with E-state index in [1.165, 1.54) is 10.7 Å². The standard InChI is InChI=1S/C12H12N2O2S/c1-14-12(15)8-7-11(13-14)9-3-5-10(6-4-9)17(2)16/h3-8H,1-2H3. The summed E-state index contributed by atoms with van der Waals surface area (Å²) in [5.41, 5.74) is 1.48. The average molecular weight is 248 g/mol. The lowest BCUT2D eigenvalue weighted by Crippen LogP contribution is -2.18. The number of hydrogen-bond donors (Lipinski definition) is 0. The van der Waals surface area contributed by atoms with Crippen LogP contribution in [0.3, 0.4) is 0 Å². The van der Waals surface area contributed by atoms with E-state index in [2.05, 4.69) is 5.10 Å². The summed E-state index contributed by atoms with van der Waals surface area (Å²) in [6.45, 7) is 0. The summed E-state index contributed by atoms with van der Waals surface area (Å²) >= 11 is 0. The average Bonchev–Trinajstić information content (AvgIpc) is 2.33. The highest BCUT2D eigenvalue weighted by Gasteiger charge is 2.02. The summed E-state index contributed by atoms with van der Waals surface area (Å²) in [5.74, 6) is 0. The second-order valence-corrected chi connectivity index (χ2v) is 5.04. The van der Waals surface area contributed by atoms with E-state index in [1.54, 1.807) is 31.5 Å². The molecule has 0 aliphatic carbocycles. The Morgan fingerprint density at radius 3 is 2.29 bits per heavy atom. The van der Waals surface area contributed by atoms with E-state index in [4.69, 9.17) is 0 Å². The molecular weight excluding hydrogens is 236 g/mol. The van der Waals surface area contributed by atoms with Crippen molar-refractivity contribution in [3.8, 4) is 11.3 Å². The van der Waals surface area contributed by atoms with Crippen molar-refractivity contribution in [2.75, 3.05) is 6.26 Å². The van der Waals surface area contributed by atoms with Gasteiger partial charge in [-0.15, -0.1) is 0 Å². The molecule has 5 heteroatoms. The Hall–Kier alpha value is -1.75. The van der Waals surface area contributed by atoms with Crippen LogP contribution in [0.1, 0.15) is 0 Å². The van der Waals surface area contributed by atoms with Gasteiger partial charge in [0.1, 0.15) is 0 Å². The number of nitrogens with zero attached hydrogens (tertiary/aromatic N) is 2. The third-order valence-electron chi connectivity index (χ3n) is 2.44. The van der Waals surface area contributed by atoms with E-state index in [0.29, 0.717) is 0 Å². The Balaban J connectivity index is 2.43. The molecule has 1 atom stereocenters. The highest BCUT2D eigenvalue weighted by atomic mass is 32.2. The van der Waals surface area contributed by atoms with Crippen molar-refractivity contribution in [3.05, 3.63) is 46.8 Å². The molecule has 88 valence electrons. The Kier molecular flexibility index (Phi) is 3.19. The van der Waals surface area contributed by atoms with Crippen molar-refractivity contribution in [2.45, 2.75) is 4.90 Å². The van der Waals surface area contributed by atoms with Crippen molar-refractivity contribution in [1.29, 1.82) is 0 Å². The van der Waals surface area contributed by atoms with Crippen LogP contribution in [0.2, 0.25) is 0 Å². The van der Waals surface area contributed by atoms with Crippen LogP contribution < -0.4 is 5.56 Å². The molecule has 1 aromatic heterocycles. The predicted molar refractivity (Wildman–Crippen MR) is 67.2 cm³/mol. The molecule has 0 radical (unpaired) electrons. The van der Waals surface area contributed by atoms with Gasteiger partial charge in [0, 0.05) is 40.6 Å². The Morgan fingerprint density at radius 1 is 1.12 bits per heavy atom. The summed E-state index contributed by atoms with van der Waals surface area (Å²) < 4.78 is 12.5. The fourth-order valence-electron chi connectivity index (χ4n) is 1.47. The van der Waals surface area contributed by atoms with Gasteiger partial charge in [0.05, 0.1) is 5.69 Å². The molecule has 0 saturated heterocycles. The molecule has 1 unspecified atom stereocenters. The second-order valence-electron chi connectivity index (χ2n) is 3.66. The summed E-state index contributed by atoms with van der Waals surface area (Å²) in [7, 11) is 0.635. The van der Waals surface area contributed by atoms with Gasteiger partial charge < -0.3 is 0 Å². The Labute approximate surface area is 101 Å². The first kappa shape index (κ1) is 11.7. The lowest BCUT2D eigenvalue weighted by molar-refractivity contribution is 0.687. The Bertz CT molecular complexity index is 617. The van der Waals surface area contributed by atoms with Crippen LogP contribution in [0.4, 0.5) is 0 Å². The first-order valence-electron chi connectivity index (χ1n) is 5.06. The predicted octanol–water partition coefficient (Wildman–Crippen LogP) is 1.18. The number of benzene rings is 1. The second kappa shape index (κ2) is 4.63. The van der Waals surface area contributed by atoms with E-state index in [-0.39, 0.29) is 5.56 Å². The van der Waals surface area contributed by atoms with Gasteiger partial charge in [-0.2, -0.15) is 5.10 Å². The van der Waals surface area contributed by atoms with Crippen LogP contribution in [0.5, 0.6) is 0 Å². The van der Waals surface area contributed by atoms with Gasteiger partial charge in [0.25, 0.3) is 5.56 Å². The van der Waals surface area contributed by atoms with Crippen molar-refractivity contribution in [3.63, 3.8) is 0 Å². The van der Waals surface area contributed by atoms with E-state index >= 15 is 0 Å². The molecular formula is C12H12N2O2S. The number of aromatic nitrogens is 2. The van der Waals surface area contributed by atoms with Gasteiger partial charge in [0.15, 0.2) is 0 Å². The molecule has 2 aromatic rings. The number of hydrogen-bond acceptors (Lipinski definition) is 3. The number of aryl methyl sites for hydroxylation is 1. The van der Waals surface area contributed by atoms with Gasteiger partial charge in [-0.05, 0) is 18.2 Å². The lowest BCUT2D eigenvalue weighted by atomic mass is 10.1. The van der Waals surface area contributed by atoms with Crippen LogP contribution in [0.15, 0.2) is 46.1 Å². The van der Waals surface area contributed by atoms with Gasteiger partial charge in [-0.1, -0.05) is 12.1 Å². The minimum atomic E-state index is -0.977. The molecule has 2 rings (SSSR count). The molecule has 0 spiro atoms. The third kappa shape index (κ3) is 2.50. The molecule has 0 aliphatic heterocycles. The van der Waals surface area contributed by atoms with Crippen LogP contribution in [-0.2, 0) is 17.8 Å². The monoisotopic (exact) mass is 248 g/mol. The normalized spacial score (nSPS) is 12.4. The van der Waals surface area contributed by atoms with E-state index in [0.717, 1.165) is 16.2 Å². The van der Waals surface area contributed by atoms with Crippen molar-refractivity contribution >= 4 is 10.8 Å². The van der Waals surface area contributed by atoms with Gasteiger partial charge >= 0.3 is 0 Å². The summed E-state index contributed by atoms with van der Waals surface area (Å²) in [5, 5.41) is 4.15. The van der Waals surface area contributed by atoms with Gasteiger partial charge in [0.2, 0.25) is 0 Å². The van der Waals surface area contributed by atoms with Crippen LogP contribution in [-0.4, -0.2) is 20.2 Å². The Morgan fingerprint density at radius 2 is 1.76 bits per heavy atom. The smallest absolute Gasteiger partial charge is 0.266 e. The lowest BCUT2D eigenvalue weighted by Gasteiger charge is -2.03. The largest absolute Gasteiger partial charge is 0.268 e. The summed E-state index contributed by atoms with van der Waals surface area (Å²) in [4.78, 5) is 12.0. The molecule has 0 fully saturated rings. The third-order valence-corrected chi connectivity index (χ3v) is 3.38. The fraction of sp³-hybridized carbons (Fsp3) is 0.167. The van der Waals surface area contributed by atoms with Gasteiger partial charge in [-0.3, -0.25) is 9.00 Å². The summed E-state index contributed by atoms with van der Waals surface area (Å²) in [6, 6.07) is 10.5. The quantitative estimate of drug-likeness (QED) is 0.802. The first-order chi connectivity index (χ1) is 8.08. The zero-order chi connectivity index (χ0) is 12.4.